The zero-order valence-electron chi connectivity index (χ0n) is 11.5. The Morgan fingerprint density at radius 3 is 2.74 bits per heavy atom. The molecule has 0 radical (unpaired) electrons. The van der Waals surface area contributed by atoms with Crippen LogP contribution in [0.4, 0.5) is 0 Å². The van der Waals surface area contributed by atoms with Crippen LogP contribution in [0.2, 0.25) is 0 Å². The molecule has 2 nitrogen and oxygen atoms in total. The van der Waals surface area contributed by atoms with Gasteiger partial charge in [0.05, 0.1) is 0 Å². The largest absolute Gasteiger partial charge is 0.330 e. The lowest BCUT2D eigenvalue weighted by Crippen LogP contribution is -2.27. The molecule has 0 aliphatic carbocycles. The third kappa shape index (κ3) is 2.51. The van der Waals surface area contributed by atoms with Gasteiger partial charge in [-0.15, -0.1) is 0 Å². The molecule has 0 aromatic heterocycles. The van der Waals surface area contributed by atoms with Crippen LogP contribution in [0.5, 0.6) is 0 Å². The quantitative estimate of drug-likeness (QED) is 0.912. The summed E-state index contributed by atoms with van der Waals surface area (Å²) in [5, 5.41) is 2.72. The number of nitrogens with two attached hydrogens (primary N) is 1. The Hall–Kier alpha value is -1.38. The minimum atomic E-state index is 0.646. The standard InChI is InChI=1S/C17H22N2/c1-13-9-14(10-18)11-19(13)12-16-7-4-6-15-5-2-3-8-17(15)16/h2-8,13-14H,9-12,18H2,1H3. The van der Waals surface area contributed by atoms with E-state index in [0.717, 1.165) is 19.6 Å². The molecule has 19 heavy (non-hydrogen) atoms. The molecule has 0 amide bonds. The van der Waals surface area contributed by atoms with Crippen LogP contribution in [0, 0.1) is 5.92 Å². The van der Waals surface area contributed by atoms with E-state index in [-0.39, 0.29) is 0 Å². The average molecular weight is 254 g/mol. The number of fused-ring (bicyclic) bond motifs is 1. The van der Waals surface area contributed by atoms with Gasteiger partial charge in [-0.25, -0.2) is 0 Å². The van der Waals surface area contributed by atoms with Gasteiger partial charge in [0.15, 0.2) is 0 Å². The highest BCUT2D eigenvalue weighted by Gasteiger charge is 2.28. The van der Waals surface area contributed by atoms with E-state index in [1.165, 1.54) is 22.8 Å². The van der Waals surface area contributed by atoms with Gasteiger partial charge < -0.3 is 5.73 Å². The number of nitrogens with zero attached hydrogens (tertiary/aromatic N) is 1. The van der Waals surface area contributed by atoms with E-state index >= 15 is 0 Å². The molecule has 100 valence electrons. The topological polar surface area (TPSA) is 29.3 Å². The number of hydrogen-bond donors (Lipinski definition) is 1. The van der Waals surface area contributed by atoms with E-state index < -0.39 is 0 Å². The third-order valence-electron chi connectivity index (χ3n) is 4.38. The molecule has 1 aliphatic rings. The molecule has 0 spiro atoms. The van der Waals surface area contributed by atoms with E-state index in [4.69, 9.17) is 5.73 Å². The first-order valence-electron chi connectivity index (χ1n) is 7.18. The van der Waals surface area contributed by atoms with Crippen molar-refractivity contribution in [2.75, 3.05) is 13.1 Å². The van der Waals surface area contributed by atoms with Crippen LogP contribution in [0.1, 0.15) is 18.9 Å². The van der Waals surface area contributed by atoms with Crippen molar-refractivity contribution in [3.8, 4) is 0 Å². The monoisotopic (exact) mass is 254 g/mol. The third-order valence-corrected chi connectivity index (χ3v) is 4.38. The molecule has 2 heteroatoms. The minimum absolute atomic E-state index is 0.646. The zero-order valence-corrected chi connectivity index (χ0v) is 11.5. The Morgan fingerprint density at radius 1 is 1.16 bits per heavy atom. The van der Waals surface area contributed by atoms with Gasteiger partial charge in [-0.05, 0) is 42.1 Å². The lowest BCUT2D eigenvalue weighted by molar-refractivity contribution is 0.257. The fourth-order valence-corrected chi connectivity index (χ4v) is 3.26. The smallest absolute Gasteiger partial charge is 0.0242 e. The Morgan fingerprint density at radius 2 is 1.95 bits per heavy atom. The van der Waals surface area contributed by atoms with Crippen molar-refractivity contribution >= 4 is 10.8 Å². The van der Waals surface area contributed by atoms with Crippen molar-refractivity contribution in [1.29, 1.82) is 0 Å². The summed E-state index contributed by atoms with van der Waals surface area (Å²) in [6.07, 6.45) is 1.24. The first-order chi connectivity index (χ1) is 9.28. The molecule has 2 aromatic rings. The highest BCUT2D eigenvalue weighted by atomic mass is 15.2. The number of hydrogen-bond acceptors (Lipinski definition) is 2. The summed E-state index contributed by atoms with van der Waals surface area (Å²) in [5.41, 5.74) is 7.25. The molecule has 1 saturated heterocycles. The summed E-state index contributed by atoms with van der Waals surface area (Å²) in [4.78, 5) is 2.57. The molecule has 2 N–H and O–H groups in total. The summed E-state index contributed by atoms with van der Waals surface area (Å²) in [6, 6.07) is 15.9. The Kier molecular flexibility index (Phi) is 3.54. The van der Waals surface area contributed by atoms with Crippen LogP contribution in [0.25, 0.3) is 10.8 Å². The van der Waals surface area contributed by atoms with E-state index in [1.807, 2.05) is 0 Å². The van der Waals surface area contributed by atoms with E-state index in [1.54, 1.807) is 0 Å². The summed E-state index contributed by atoms with van der Waals surface area (Å²) in [6.45, 7) is 5.32. The fraction of sp³-hybridized carbons (Fsp3) is 0.412. The molecule has 3 rings (SSSR count). The Bertz CT molecular complexity index is 559. The van der Waals surface area contributed by atoms with Gasteiger partial charge in [-0.2, -0.15) is 0 Å². The van der Waals surface area contributed by atoms with Crippen LogP contribution in [-0.4, -0.2) is 24.0 Å². The summed E-state index contributed by atoms with van der Waals surface area (Å²) in [7, 11) is 0. The molecular weight excluding hydrogens is 232 g/mol. The van der Waals surface area contributed by atoms with Gasteiger partial charge >= 0.3 is 0 Å². The molecule has 0 saturated carbocycles. The molecular formula is C17H22N2. The normalized spacial score (nSPS) is 24.1. The van der Waals surface area contributed by atoms with Crippen LogP contribution in [0.3, 0.4) is 0 Å². The second kappa shape index (κ2) is 5.32. The number of benzene rings is 2. The van der Waals surface area contributed by atoms with Gasteiger partial charge in [0.1, 0.15) is 0 Å². The van der Waals surface area contributed by atoms with Crippen LogP contribution >= 0.6 is 0 Å². The van der Waals surface area contributed by atoms with Gasteiger partial charge in [-0.1, -0.05) is 42.5 Å². The van der Waals surface area contributed by atoms with Crippen molar-refractivity contribution in [1.82, 2.24) is 4.90 Å². The van der Waals surface area contributed by atoms with Crippen molar-refractivity contribution in [2.24, 2.45) is 11.7 Å². The maximum Gasteiger partial charge on any atom is 0.0242 e. The highest BCUT2D eigenvalue weighted by molar-refractivity contribution is 5.85. The summed E-state index contributed by atoms with van der Waals surface area (Å²) < 4.78 is 0. The van der Waals surface area contributed by atoms with Crippen molar-refractivity contribution in [3.05, 3.63) is 48.0 Å². The van der Waals surface area contributed by atoms with Crippen molar-refractivity contribution in [3.63, 3.8) is 0 Å². The lowest BCUT2D eigenvalue weighted by atomic mass is 10.0. The predicted molar refractivity (Wildman–Crippen MR) is 81.0 cm³/mol. The van der Waals surface area contributed by atoms with Crippen LogP contribution < -0.4 is 5.73 Å². The molecule has 1 heterocycles. The SMILES string of the molecule is CC1CC(CN)CN1Cc1cccc2ccccc12. The van der Waals surface area contributed by atoms with Crippen LogP contribution in [-0.2, 0) is 6.54 Å². The van der Waals surface area contributed by atoms with Gasteiger partial charge in [0, 0.05) is 19.1 Å². The first kappa shape index (κ1) is 12.6. The molecule has 2 aromatic carbocycles. The first-order valence-corrected chi connectivity index (χ1v) is 7.18. The number of rotatable bonds is 3. The highest BCUT2D eigenvalue weighted by Crippen LogP contribution is 2.26. The second-order valence-corrected chi connectivity index (χ2v) is 5.75. The van der Waals surface area contributed by atoms with Crippen molar-refractivity contribution < 1.29 is 0 Å². The lowest BCUT2D eigenvalue weighted by Gasteiger charge is -2.22. The van der Waals surface area contributed by atoms with E-state index in [0.29, 0.717) is 12.0 Å². The summed E-state index contributed by atoms with van der Waals surface area (Å²) >= 11 is 0. The van der Waals surface area contributed by atoms with E-state index in [9.17, 15) is 0 Å². The fourth-order valence-electron chi connectivity index (χ4n) is 3.26. The Labute approximate surface area is 115 Å². The maximum absolute atomic E-state index is 5.82. The van der Waals surface area contributed by atoms with Crippen LogP contribution in [0.15, 0.2) is 42.5 Å². The molecule has 1 fully saturated rings. The van der Waals surface area contributed by atoms with Gasteiger partial charge in [-0.3, -0.25) is 4.90 Å². The number of likely N-dealkylation sites (tertiary alicyclic amines) is 1. The molecule has 2 unspecified atom stereocenters. The molecule has 2 atom stereocenters. The predicted octanol–water partition coefficient (Wildman–Crippen LogP) is 3.01. The summed E-state index contributed by atoms with van der Waals surface area (Å²) in [5.74, 6) is 0.671. The molecule has 0 bridgehead atoms. The molecule has 1 aliphatic heterocycles. The Balaban J connectivity index is 1.86. The second-order valence-electron chi connectivity index (χ2n) is 5.75. The van der Waals surface area contributed by atoms with Crippen molar-refractivity contribution in [2.45, 2.75) is 25.9 Å². The van der Waals surface area contributed by atoms with E-state index in [2.05, 4.69) is 54.3 Å². The maximum atomic E-state index is 5.82. The van der Waals surface area contributed by atoms with Gasteiger partial charge in [0.2, 0.25) is 0 Å². The minimum Gasteiger partial charge on any atom is -0.330 e. The average Bonchev–Trinajstić information content (AvgIpc) is 2.80. The van der Waals surface area contributed by atoms with Gasteiger partial charge in [0.25, 0.3) is 0 Å². The zero-order chi connectivity index (χ0) is 13.2.